The van der Waals surface area contributed by atoms with Crippen molar-refractivity contribution in [2.75, 3.05) is 26.1 Å². The fraction of sp³-hybridized carbons (Fsp3) is 0.176. The molecule has 8 heteroatoms. The minimum absolute atomic E-state index is 0.0772. The monoisotopic (exact) mass is 367 g/mol. The van der Waals surface area contributed by atoms with Crippen LogP contribution in [-0.2, 0) is 9.53 Å². The van der Waals surface area contributed by atoms with Crippen molar-refractivity contribution in [3.8, 4) is 11.5 Å². The van der Waals surface area contributed by atoms with E-state index in [2.05, 4.69) is 10.1 Å². The molecule has 0 aliphatic heterocycles. The molecule has 6 nitrogen and oxygen atoms in total. The summed E-state index contributed by atoms with van der Waals surface area (Å²) in [6.07, 6.45) is 0. The predicted octanol–water partition coefficient (Wildman–Crippen LogP) is 3.29. The van der Waals surface area contributed by atoms with Crippen LogP contribution >= 0.6 is 11.6 Å². The van der Waals surface area contributed by atoms with E-state index in [1.54, 1.807) is 0 Å². The van der Waals surface area contributed by atoms with Crippen molar-refractivity contribution >= 4 is 29.2 Å². The van der Waals surface area contributed by atoms with Crippen LogP contribution in [0.15, 0.2) is 36.4 Å². The Balaban J connectivity index is 2.02. The molecular weight excluding hydrogens is 353 g/mol. The lowest BCUT2D eigenvalue weighted by molar-refractivity contribution is -0.118. The van der Waals surface area contributed by atoms with Gasteiger partial charge in [-0.3, -0.25) is 4.79 Å². The lowest BCUT2D eigenvalue weighted by Gasteiger charge is -2.12. The third kappa shape index (κ3) is 4.84. The number of nitrogens with one attached hydrogen (secondary N) is 1. The fourth-order valence-electron chi connectivity index (χ4n) is 1.95. The number of rotatable bonds is 6. The molecule has 0 radical (unpaired) electrons. The van der Waals surface area contributed by atoms with Crippen molar-refractivity contribution in [3.63, 3.8) is 0 Å². The molecule has 2 aromatic carbocycles. The standard InChI is InChI=1S/C17H15ClFNO5/c1-23-15-7-10(17(22)24-2)3-6-14(15)25-9-16(21)20-13-5-4-11(19)8-12(13)18/h3-8H,9H2,1-2H3,(H,20,21). The van der Waals surface area contributed by atoms with Crippen LogP contribution in [0, 0.1) is 5.82 Å². The largest absolute Gasteiger partial charge is 0.493 e. The first-order chi connectivity index (χ1) is 11.9. The highest BCUT2D eigenvalue weighted by Crippen LogP contribution is 2.28. The Bertz CT molecular complexity index is 797. The second-order valence-electron chi connectivity index (χ2n) is 4.82. The molecular formula is C17H15ClFNO5. The summed E-state index contributed by atoms with van der Waals surface area (Å²) in [6, 6.07) is 8.03. The normalized spacial score (nSPS) is 10.1. The fourth-order valence-corrected chi connectivity index (χ4v) is 2.17. The number of carbonyl (C=O) groups is 2. The van der Waals surface area contributed by atoms with Crippen molar-refractivity contribution in [1.29, 1.82) is 0 Å². The van der Waals surface area contributed by atoms with Gasteiger partial charge in [-0.05, 0) is 36.4 Å². The molecule has 1 amide bonds. The van der Waals surface area contributed by atoms with Crippen molar-refractivity contribution in [2.45, 2.75) is 0 Å². The number of esters is 1. The Morgan fingerprint density at radius 1 is 1.12 bits per heavy atom. The molecule has 132 valence electrons. The summed E-state index contributed by atoms with van der Waals surface area (Å²) < 4.78 is 28.1. The zero-order valence-corrected chi connectivity index (χ0v) is 14.2. The van der Waals surface area contributed by atoms with Gasteiger partial charge in [0, 0.05) is 0 Å². The van der Waals surface area contributed by atoms with Crippen LogP contribution < -0.4 is 14.8 Å². The van der Waals surface area contributed by atoms with E-state index in [4.69, 9.17) is 21.1 Å². The first-order valence-electron chi connectivity index (χ1n) is 7.08. The van der Waals surface area contributed by atoms with Gasteiger partial charge in [-0.2, -0.15) is 0 Å². The summed E-state index contributed by atoms with van der Waals surface area (Å²) in [6.45, 7) is -0.332. The van der Waals surface area contributed by atoms with Crippen LogP contribution in [-0.4, -0.2) is 32.7 Å². The summed E-state index contributed by atoms with van der Waals surface area (Å²) in [7, 11) is 2.67. The van der Waals surface area contributed by atoms with Crippen LogP contribution in [0.5, 0.6) is 11.5 Å². The molecule has 2 rings (SSSR count). The summed E-state index contributed by atoms with van der Waals surface area (Å²) in [4.78, 5) is 23.4. The average molecular weight is 368 g/mol. The average Bonchev–Trinajstić information content (AvgIpc) is 2.61. The number of carbonyl (C=O) groups excluding carboxylic acids is 2. The molecule has 0 fully saturated rings. The number of benzene rings is 2. The molecule has 0 aromatic heterocycles. The summed E-state index contributed by atoms with van der Waals surface area (Å²) in [5, 5.41) is 2.58. The van der Waals surface area contributed by atoms with Gasteiger partial charge in [0.1, 0.15) is 5.82 Å². The third-order valence-electron chi connectivity index (χ3n) is 3.15. The zero-order valence-electron chi connectivity index (χ0n) is 13.5. The third-order valence-corrected chi connectivity index (χ3v) is 3.46. The van der Waals surface area contributed by atoms with E-state index in [0.29, 0.717) is 0 Å². The molecule has 0 heterocycles. The maximum absolute atomic E-state index is 13.0. The van der Waals surface area contributed by atoms with Gasteiger partial charge in [0.25, 0.3) is 5.91 Å². The van der Waals surface area contributed by atoms with Gasteiger partial charge in [0.15, 0.2) is 18.1 Å². The van der Waals surface area contributed by atoms with Crippen molar-refractivity contribution in [1.82, 2.24) is 0 Å². The van der Waals surface area contributed by atoms with E-state index in [-0.39, 0.29) is 34.4 Å². The molecule has 1 N–H and O–H groups in total. The first kappa shape index (κ1) is 18.5. The number of anilines is 1. The molecule has 0 atom stereocenters. The van der Waals surface area contributed by atoms with E-state index in [9.17, 15) is 14.0 Å². The molecule has 0 aliphatic rings. The molecule has 0 saturated carbocycles. The number of amides is 1. The number of ether oxygens (including phenoxy) is 3. The lowest BCUT2D eigenvalue weighted by atomic mass is 10.2. The van der Waals surface area contributed by atoms with Gasteiger partial charge in [-0.25, -0.2) is 9.18 Å². The molecule has 0 spiro atoms. The Morgan fingerprint density at radius 3 is 2.52 bits per heavy atom. The Labute approximate surface area is 148 Å². The number of hydrogen-bond acceptors (Lipinski definition) is 5. The van der Waals surface area contributed by atoms with Crippen molar-refractivity contribution in [2.24, 2.45) is 0 Å². The van der Waals surface area contributed by atoms with E-state index in [1.807, 2.05) is 0 Å². The van der Waals surface area contributed by atoms with Crippen LogP contribution in [0.25, 0.3) is 0 Å². The molecule has 0 bridgehead atoms. The maximum Gasteiger partial charge on any atom is 0.337 e. The van der Waals surface area contributed by atoms with Crippen LogP contribution in [0.4, 0.5) is 10.1 Å². The quantitative estimate of drug-likeness (QED) is 0.793. The summed E-state index contributed by atoms with van der Waals surface area (Å²) in [5.74, 6) is -0.971. The first-order valence-corrected chi connectivity index (χ1v) is 7.46. The zero-order chi connectivity index (χ0) is 18.4. The van der Waals surface area contributed by atoms with Crippen molar-refractivity contribution in [3.05, 3.63) is 52.8 Å². The molecule has 25 heavy (non-hydrogen) atoms. The summed E-state index contributed by atoms with van der Waals surface area (Å²) in [5.41, 5.74) is 0.555. The molecule has 0 saturated heterocycles. The van der Waals surface area contributed by atoms with Gasteiger partial charge < -0.3 is 19.5 Å². The molecule has 2 aromatic rings. The Kier molecular flexibility index (Phi) is 6.19. The highest BCUT2D eigenvalue weighted by Gasteiger charge is 2.13. The highest BCUT2D eigenvalue weighted by atomic mass is 35.5. The van der Waals surface area contributed by atoms with Crippen LogP contribution in [0.2, 0.25) is 5.02 Å². The van der Waals surface area contributed by atoms with Gasteiger partial charge >= 0.3 is 5.97 Å². The smallest absolute Gasteiger partial charge is 0.337 e. The minimum Gasteiger partial charge on any atom is -0.493 e. The van der Waals surface area contributed by atoms with E-state index in [0.717, 1.165) is 6.07 Å². The highest BCUT2D eigenvalue weighted by molar-refractivity contribution is 6.33. The molecule has 0 unspecified atom stereocenters. The maximum atomic E-state index is 13.0. The predicted molar refractivity (Wildman–Crippen MR) is 89.9 cm³/mol. The minimum atomic E-state index is -0.520. The van der Waals surface area contributed by atoms with Crippen LogP contribution in [0.1, 0.15) is 10.4 Å². The van der Waals surface area contributed by atoms with Gasteiger partial charge in [0.2, 0.25) is 0 Å². The topological polar surface area (TPSA) is 73.9 Å². The number of methoxy groups -OCH3 is 2. The SMILES string of the molecule is COC(=O)c1ccc(OCC(=O)Nc2ccc(F)cc2Cl)c(OC)c1. The van der Waals surface area contributed by atoms with Crippen molar-refractivity contribution < 1.29 is 28.2 Å². The number of halogens is 2. The second-order valence-corrected chi connectivity index (χ2v) is 5.23. The second kappa shape index (κ2) is 8.34. The lowest BCUT2D eigenvalue weighted by Crippen LogP contribution is -2.20. The van der Waals surface area contributed by atoms with Gasteiger partial charge in [0.05, 0.1) is 30.5 Å². The van der Waals surface area contributed by atoms with Gasteiger partial charge in [-0.15, -0.1) is 0 Å². The number of hydrogen-bond donors (Lipinski definition) is 1. The van der Waals surface area contributed by atoms with E-state index < -0.39 is 17.7 Å². The van der Waals surface area contributed by atoms with E-state index in [1.165, 1.54) is 44.6 Å². The van der Waals surface area contributed by atoms with Gasteiger partial charge in [-0.1, -0.05) is 11.6 Å². The Morgan fingerprint density at radius 2 is 1.88 bits per heavy atom. The molecule has 0 aliphatic carbocycles. The summed E-state index contributed by atoms with van der Waals surface area (Å²) >= 11 is 5.84. The Hall–Kier alpha value is -2.80. The van der Waals surface area contributed by atoms with E-state index >= 15 is 0 Å². The van der Waals surface area contributed by atoms with Crippen LogP contribution in [0.3, 0.4) is 0 Å².